The fourth-order valence-corrected chi connectivity index (χ4v) is 3.07. The topological polar surface area (TPSA) is 62.8 Å². The Morgan fingerprint density at radius 2 is 1.89 bits per heavy atom. The Morgan fingerprint density at radius 3 is 2.37 bits per heavy atom. The van der Waals surface area contributed by atoms with Crippen molar-refractivity contribution in [3.63, 3.8) is 0 Å². The predicted molar refractivity (Wildman–Crippen MR) is 81.1 cm³/mol. The van der Waals surface area contributed by atoms with Crippen LogP contribution in [0.5, 0.6) is 0 Å². The summed E-state index contributed by atoms with van der Waals surface area (Å²) in [6, 6.07) is 10.2. The van der Waals surface area contributed by atoms with E-state index in [2.05, 4.69) is 32.9 Å². The summed E-state index contributed by atoms with van der Waals surface area (Å²) in [7, 11) is 0. The third-order valence-electron chi connectivity index (χ3n) is 2.82. The minimum atomic E-state index is -0.0908. The van der Waals surface area contributed by atoms with Crippen LogP contribution in [0.4, 0.5) is 0 Å². The van der Waals surface area contributed by atoms with E-state index in [0.717, 1.165) is 22.0 Å². The molecule has 0 bridgehead atoms. The first kappa shape index (κ1) is 13.7. The van der Waals surface area contributed by atoms with Gasteiger partial charge in [0, 0.05) is 11.8 Å². The molecule has 0 amide bonds. The minimum absolute atomic E-state index is 0.0908. The average Bonchev–Trinajstić information content (AvgIpc) is 2.74. The number of nitrogens with one attached hydrogen (secondary N) is 1. The van der Waals surface area contributed by atoms with Gasteiger partial charge < -0.3 is 5.73 Å². The number of nitrogens with zero attached hydrogens (tertiary/aromatic N) is 1. The molecule has 19 heavy (non-hydrogen) atoms. The largest absolute Gasteiger partial charge is 0.383 e. The van der Waals surface area contributed by atoms with Gasteiger partial charge in [-0.25, -0.2) is 4.98 Å². The van der Waals surface area contributed by atoms with Gasteiger partial charge in [0.1, 0.15) is 5.84 Å². The van der Waals surface area contributed by atoms with Crippen molar-refractivity contribution in [2.45, 2.75) is 32.6 Å². The minimum Gasteiger partial charge on any atom is -0.383 e. The van der Waals surface area contributed by atoms with E-state index in [1.54, 1.807) is 0 Å². The molecular formula is C15H19N3S. The second-order valence-electron chi connectivity index (χ2n) is 5.61. The lowest BCUT2D eigenvalue weighted by atomic mass is 9.91. The van der Waals surface area contributed by atoms with Gasteiger partial charge in [-0.15, -0.1) is 11.3 Å². The number of rotatable bonds is 3. The lowest BCUT2D eigenvalue weighted by Crippen LogP contribution is -2.19. The second kappa shape index (κ2) is 5.13. The Kier molecular flexibility index (Phi) is 3.71. The maximum atomic E-state index is 7.70. The van der Waals surface area contributed by atoms with Crippen LogP contribution in [-0.2, 0) is 11.8 Å². The summed E-state index contributed by atoms with van der Waals surface area (Å²) in [5.74, 6) is 0.113. The fourth-order valence-electron chi connectivity index (χ4n) is 1.90. The molecule has 0 saturated carbocycles. The highest BCUT2D eigenvalue weighted by Crippen LogP contribution is 2.30. The molecular weight excluding hydrogens is 254 g/mol. The molecule has 2 rings (SSSR count). The van der Waals surface area contributed by atoms with E-state index in [-0.39, 0.29) is 11.3 Å². The third-order valence-corrected chi connectivity index (χ3v) is 3.91. The Bertz CT molecular complexity index is 579. The Morgan fingerprint density at radius 1 is 1.26 bits per heavy atom. The fraction of sp³-hybridized carbons (Fsp3) is 0.333. The summed E-state index contributed by atoms with van der Waals surface area (Å²) < 4.78 is 0. The molecule has 0 saturated heterocycles. The molecule has 2 aromatic rings. The van der Waals surface area contributed by atoms with Gasteiger partial charge in [0.25, 0.3) is 0 Å². The molecule has 1 aromatic heterocycles. The molecule has 4 heteroatoms. The number of thiazole rings is 1. The van der Waals surface area contributed by atoms with E-state index in [1.165, 1.54) is 16.9 Å². The van der Waals surface area contributed by atoms with Crippen LogP contribution in [0.2, 0.25) is 0 Å². The molecule has 0 atom stereocenters. The van der Waals surface area contributed by atoms with Gasteiger partial charge in [-0.2, -0.15) is 0 Å². The van der Waals surface area contributed by atoms with Gasteiger partial charge >= 0.3 is 0 Å². The van der Waals surface area contributed by atoms with Crippen LogP contribution in [0.3, 0.4) is 0 Å². The summed E-state index contributed by atoms with van der Waals surface area (Å²) in [5.41, 5.74) is 7.74. The monoisotopic (exact) mass is 273 g/mol. The van der Waals surface area contributed by atoms with Crippen molar-refractivity contribution in [1.82, 2.24) is 4.98 Å². The molecule has 0 fully saturated rings. The number of benzene rings is 1. The van der Waals surface area contributed by atoms with Gasteiger partial charge in [-0.05, 0) is 5.56 Å². The molecule has 0 aliphatic heterocycles. The van der Waals surface area contributed by atoms with E-state index in [1.807, 2.05) is 18.2 Å². The number of hydrogen-bond acceptors (Lipinski definition) is 3. The zero-order valence-corrected chi connectivity index (χ0v) is 12.3. The van der Waals surface area contributed by atoms with Crippen LogP contribution in [0.1, 0.15) is 41.9 Å². The van der Waals surface area contributed by atoms with E-state index in [0.29, 0.717) is 0 Å². The quantitative estimate of drug-likeness (QED) is 0.665. The van der Waals surface area contributed by atoms with Crippen LogP contribution in [0, 0.1) is 5.41 Å². The highest BCUT2D eigenvalue weighted by molar-refractivity contribution is 7.13. The lowest BCUT2D eigenvalue weighted by molar-refractivity contribution is 0.570. The molecule has 3 N–H and O–H groups in total. The van der Waals surface area contributed by atoms with Gasteiger partial charge in [-0.3, -0.25) is 5.41 Å². The van der Waals surface area contributed by atoms with Gasteiger partial charge in [0.05, 0.1) is 15.6 Å². The number of amidine groups is 1. The SMILES string of the molecule is CC(C)(C)c1nc(Cc2ccccc2)sc1C(=N)N. The van der Waals surface area contributed by atoms with Crippen molar-refractivity contribution in [2.75, 3.05) is 0 Å². The first-order chi connectivity index (χ1) is 8.88. The van der Waals surface area contributed by atoms with Crippen molar-refractivity contribution in [3.05, 3.63) is 51.5 Å². The Hall–Kier alpha value is -1.68. The van der Waals surface area contributed by atoms with Crippen LogP contribution in [-0.4, -0.2) is 10.8 Å². The Labute approximate surface area is 118 Å². The van der Waals surface area contributed by atoms with Crippen molar-refractivity contribution >= 4 is 17.2 Å². The van der Waals surface area contributed by atoms with Crippen molar-refractivity contribution < 1.29 is 0 Å². The highest BCUT2D eigenvalue weighted by atomic mass is 32.1. The van der Waals surface area contributed by atoms with E-state index in [9.17, 15) is 0 Å². The molecule has 1 aromatic carbocycles. The number of nitrogen functional groups attached to an aromatic ring is 1. The maximum absolute atomic E-state index is 7.70. The molecule has 0 radical (unpaired) electrons. The third kappa shape index (κ3) is 3.20. The van der Waals surface area contributed by atoms with E-state index < -0.39 is 0 Å². The molecule has 0 aliphatic carbocycles. The second-order valence-corrected chi connectivity index (χ2v) is 6.70. The molecule has 0 aliphatic rings. The summed E-state index contributed by atoms with van der Waals surface area (Å²) in [6.07, 6.45) is 0.794. The van der Waals surface area contributed by atoms with E-state index >= 15 is 0 Å². The van der Waals surface area contributed by atoms with Crippen LogP contribution in [0.15, 0.2) is 30.3 Å². The molecule has 0 spiro atoms. The zero-order valence-electron chi connectivity index (χ0n) is 11.5. The Balaban J connectivity index is 2.36. The lowest BCUT2D eigenvalue weighted by Gasteiger charge is -2.16. The number of aromatic nitrogens is 1. The summed E-state index contributed by atoms with van der Waals surface area (Å²) in [4.78, 5) is 5.50. The first-order valence-corrected chi connectivity index (χ1v) is 7.08. The van der Waals surface area contributed by atoms with Crippen LogP contribution >= 0.6 is 11.3 Å². The maximum Gasteiger partial charge on any atom is 0.135 e. The highest BCUT2D eigenvalue weighted by Gasteiger charge is 2.24. The number of hydrogen-bond donors (Lipinski definition) is 2. The van der Waals surface area contributed by atoms with Crippen molar-refractivity contribution in [3.8, 4) is 0 Å². The van der Waals surface area contributed by atoms with Gasteiger partial charge in [-0.1, -0.05) is 51.1 Å². The normalized spacial score (nSPS) is 11.5. The van der Waals surface area contributed by atoms with E-state index in [4.69, 9.17) is 16.1 Å². The van der Waals surface area contributed by atoms with Crippen LogP contribution < -0.4 is 5.73 Å². The first-order valence-electron chi connectivity index (χ1n) is 6.26. The molecule has 3 nitrogen and oxygen atoms in total. The zero-order chi connectivity index (χ0) is 14.0. The van der Waals surface area contributed by atoms with Gasteiger partial charge in [0.2, 0.25) is 0 Å². The van der Waals surface area contributed by atoms with Gasteiger partial charge in [0.15, 0.2) is 0 Å². The van der Waals surface area contributed by atoms with Crippen molar-refractivity contribution in [1.29, 1.82) is 5.41 Å². The summed E-state index contributed by atoms with van der Waals surface area (Å²) >= 11 is 1.53. The summed E-state index contributed by atoms with van der Waals surface area (Å²) in [5, 5.41) is 8.71. The molecule has 1 heterocycles. The molecule has 100 valence electrons. The smallest absolute Gasteiger partial charge is 0.135 e. The standard InChI is InChI=1S/C15H19N3S/c1-15(2,3)13-12(14(16)17)19-11(18-13)9-10-7-5-4-6-8-10/h4-8H,9H2,1-3H3,(H3,16,17). The predicted octanol–water partition coefficient (Wildman–Crippen LogP) is 3.32. The average molecular weight is 273 g/mol. The summed E-state index contributed by atoms with van der Waals surface area (Å²) in [6.45, 7) is 6.29. The van der Waals surface area contributed by atoms with Crippen molar-refractivity contribution in [2.24, 2.45) is 5.73 Å². The number of nitrogens with two attached hydrogens (primary N) is 1. The molecule has 0 unspecified atom stereocenters. The van der Waals surface area contributed by atoms with Crippen LogP contribution in [0.25, 0.3) is 0 Å².